The molecule has 6 nitrogen and oxygen atoms in total. The van der Waals surface area contributed by atoms with Crippen LogP contribution in [0, 0.1) is 0 Å². The molecule has 0 saturated carbocycles. The summed E-state index contributed by atoms with van der Waals surface area (Å²) in [5.74, 6) is 1.62. The van der Waals surface area contributed by atoms with E-state index in [0.29, 0.717) is 31.9 Å². The molecule has 3 aromatic rings. The van der Waals surface area contributed by atoms with Crippen LogP contribution in [0.3, 0.4) is 0 Å². The van der Waals surface area contributed by atoms with E-state index in [9.17, 15) is 9.59 Å². The van der Waals surface area contributed by atoms with Crippen LogP contribution in [0.1, 0.15) is 47.2 Å². The van der Waals surface area contributed by atoms with Crippen LogP contribution in [0.5, 0.6) is 11.5 Å². The summed E-state index contributed by atoms with van der Waals surface area (Å²) in [5.41, 5.74) is 4.78. The number of unbranched alkanes of at least 4 members (excludes halogenated alkanes) is 2. The first-order chi connectivity index (χ1) is 17.6. The Morgan fingerprint density at radius 2 is 1.67 bits per heavy atom. The molecule has 3 aromatic carbocycles. The van der Waals surface area contributed by atoms with Crippen molar-refractivity contribution in [2.24, 2.45) is 0 Å². The lowest BCUT2D eigenvalue weighted by atomic mass is 9.96. The van der Waals surface area contributed by atoms with Gasteiger partial charge in [0.1, 0.15) is 18.1 Å². The van der Waals surface area contributed by atoms with Crippen LogP contribution >= 0.6 is 0 Å². The van der Waals surface area contributed by atoms with E-state index in [1.807, 2.05) is 71.6 Å². The van der Waals surface area contributed by atoms with Gasteiger partial charge in [0.2, 0.25) is 0 Å². The molecule has 0 aliphatic carbocycles. The average Bonchev–Trinajstić information content (AvgIpc) is 3.24. The number of methoxy groups -OCH3 is 2. The average molecular weight is 488 g/mol. The number of benzene rings is 3. The van der Waals surface area contributed by atoms with Gasteiger partial charge in [0.15, 0.2) is 5.78 Å². The highest BCUT2D eigenvalue weighted by atomic mass is 16.5. The molecule has 0 N–H and O–H groups in total. The molecule has 36 heavy (non-hydrogen) atoms. The molecule has 0 bridgehead atoms. The third-order valence-electron chi connectivity index (χ3n) is 6.50. The topological polar surface area (TPSA) is 65.1 Å². The van der Waals surface area contributed by atoms with Crippen molar-refractivity contribution in [3.05, 3.63) is 83.4 Å². The molecule has 0 unspecified atom stereocenters. The van der Waals surface area contributed by atoms with Gasteiger partial charge in [0.05, 0.1) is 20.8 Å². The van der Waals surface area contributed by atoms with Crippen molar-refractivity contribution in [1.29, 1.82) is 0 Å². The molecule has 1 heterocycles. The Balaban J connectivity index is 1.25. The van der Waals surface area contributed by atoms with Gasteiger partial charge in [-0.05, 0) is 47.7 Å². The summed E-state index contributed by atoms with van der Waals surface area (Å²) in [4.78, 5) is 27.1. The first-order valence-corrected chi connectivity index (χ1v) is 12.4. The highest BCUT2D eigenvalue weighted by molar-refractivity contribution is 6.00. The molecule has 1 aliphatic rings. The summed E-state index contributed by atoms with van der Waals surface area (Å²) in [5, 5.41) is 0. The second kappa shape index (κ2) is 12.4. The van der Waals surface area contributed by atoms with Gasteiger partial charge in [0, 0.05) is 36.7 Å². The molecule has 0 radical (unpaired) electrons. The van der Waals surface area contributed by atoms with Gasteiger partial charge in [-0.3, -0.25) is 9.59 Å². The minimum atomic E-state index is 0.0599. The van der Waals surface area contributed by atoms with Gasteiger partial charge in [-0.1, -0.05) is 48.9 Å². The zero-order chi connectivity index (χ0) is 25.3. The van der Waals surface area contributed by atoms with Crippen molar-refractivity contribution in [3.63, 3.8) is 0 Å². The minimum Gasteiger partial charge on any atom is -0.497 e. The number of Topliss-reactive ketones (excluding diaryl/α,β-unsaturated/α-hetero) is 1. The van der Waals surface area contributed by atoms with Crippen molar-refractivity contribution in [2.75, 3.05) is 27.4 Å². The Kier molecular flexibility index (Phi) is 8.74. The SMILES string of the molecule is COc1ccc(-c2cccc3c2CN(CCCCCC(=O)COCc2ccccc2)C3=O)c(OC)c1. The smallest absolute Gasteiger partial charge is 0.254 e. The van der Waals surface area contributed by atoms with Gasteiger partial charge < -0.3 is 19.1 Å². The fourth-order valence-corrected chi connectivity index (χ4v) is 4.58. The second-order valence-electron chi connectivity index (χ2n) is 8.95. The molecule has 188 valence electrons. The lowest BCUT2D eigenvalue weighted by molar-refractivity contribution is -0.124. The fourth-order valence-electron chi connectivity index (χ4n) is 4.58. The molecule has 1 amide bonds. The van der Waals surface area contributed by atoms with Crippen LogP contribution in [0.15, 0.2) is 66.7 Å². The molecule has 1 aliphatic heterocycles. The van der Waals surface area contributed by atoms with E-state index < -0.39 is 0 Å². The number of ether oxygens (including phenoxy) is 3. The molecular formula is C30H33NO5. The zero-order valence-electron chi connectivity index (χ0n) is 21.0. The van der Waals surface area contributed by atoms with Crippen molar-refractivity contribution in [2.45, 2.75) is 38.8 Å². The Labute approximate surface area is 212 Å². The Morgan fingerprint density at radius 3 is 2.44 bits per heavy atom. The number of carbonyl (C=O) groups is 2. The van der Waals surface area contributed by atoms with Crippen LogP contribution in [-0.2, 0) is 22.7 Å². The summed E-state index contributed by atoms with van der Waals surface area (Å²) in [6.07, 6.45) is 3.06. The number of hydrogen-bond acceptors (Lipinski definition) is 5. The highest BCUT2D eigenvalue weighted by Gasteiger charge is 2.29. The van der Waals surface area contributed by atoms with Crippen LogP contribution < -0.4 is 9.47 Å². The molecule has 0 saturated heterocycles. The number of rotatable bonds is 13. The van der Waals surface area contributed by atoms with E-state index in [2.05, 4.69) is 0 Å². The monoisotopic (exact) mass is 487 g/mol. The van der Waals surface area contributed by atoms with Crippen LogP contribution in [-0.4, -0.2) is 44.0 Å². The third-order valence-corrected chi connectivity index (χ3v) is 6.50. The van der Waals surface area contributed by atoms with E-state index in [-0.39, 0.29) is 18.3 Å². The lowest BCUT2D eigenvalue weighted by Gasteiger charge is -2.16. The first-order valence-electron chi connectivity index (χ1n) is 12.4. The van der Waals surface area contributed by atoms with E-state index in [4.69, 9.17) is 14.2 Å². The number of amides is 1. The van der Waals surface area contributed by atoms with Gasteiger partial charge in [-0.25, -0.2) is 0 Å². The van der Waals surface area contributed by atoms with Gasteiger partial charge in [0.25, 0.3) is 5.91 Å². The summed E-state index contributed by atoms with van der Waals surface area (Å²) in [6.45, 7) is 1.85. The lowest BCUT2D eigenvalue weighted by Crippen LogP contribution is -2.25. The molecule has 0 atom stereocenters. The first kappa shape index (κ1) is 25.5. The maximum absolute atomic E-state index is 13.0. The number of carbonyl (C=O) groups excluding carboxylic acids is 2. The summed E-state index contributed by atoms with van der Waals surface area (Å²) >= 11 is 0. The standard InChI is InChI=1S/C30H33NO5/c1-34-24-15-16-26(29(18-24)35-2)25-13-9-14-27-28(25)19-31(30(27)33)17-8-4-7-12-23(32)21-36-20-22-10-5-3-6-11-22/h3,5-6,9-11,13-16,18H,4,7-8,12,17,19-21H2,1-2H3. The number of fused-ring (bicyclic) bond motifs is 1. The molecule has 6 heteroatoms. The van der Waals surface area contributed by atoms with Crippen LogP contribution in [0.2, 0.25) is 0 Å². The van der Waals surface area contributed by atoms with Crippen molar-refractivity contribution in [1.82, 2.24) is 4.90 Å². The zero-order valence-corrected chi connectivity index (χ0v) is 21.0. The predicted molar refractivity (Wildman–Crippen MR) is 139 cm³/mol. The Hall–Kier alpha value is -3.64. The second-order valence-corrected chi connectivity index (χ2v) is 8.95. The fraction of sp³-hybridized carbons (Fsp3) is 0.333. The van der Waals surface area contributed by atoms with Gasteiger partial charge in [-0.2, -0.15) is 0 Å². The largest absolute Gasteiger partial charge is 0.497 e. The number of ketones is 1. The molecule has 4 rings (SSSR count). The van der Waals surface area contributed by atoms with Crippen LogP contribution in [0.4, 0.5) is 0 Å². The Bertz CT molecular complexity index is 1190. The van der Waals surface area contributed by atoms with Gasteiger partial charge in [-0.15, -0.1) is 0 Å². The minimum absolute atomic E-state index is 0.0599. The molecule has 0 spiro atoms. The van der Waals surface area contributed by atoms with Gasteiger partial charge >= 0.3 is 0 Å². The van der Waals surface area contributed by atoms with E-state index >= 15 is 0 Å². The maximum Gasteiger partial charge on any atom is 0.254 e. The van der Waals surface area contributed by atoms with Crippen LogP contribution in [0.25, 0.3) is 11.1 Å². The summed E-state index contributed by atoms with van der Waals surface area (Å²) in [6, 6.07) is 21.4. The number of hydrogen-bond donors (Lipinski definition) is 0. The molecule has 0 aromatic heterocycles. The van der Waals surface area contributed by atoms with E-state index in [0.717, 1.165) is 52.8 Å². The third kappa shape index (κ3) is 6.13. The molecule has 0 fully saturated rings. The quantitative estimate of drug-likeness (QED) is 0.291. The molecular weight excluding hydrogens is 454 g/mol. The van der Waals surface area contributed by atoms with Crippen molar-refractivity contribution in [3.8, 4) is 22.6 Å². The van der Waals surface area contributed by atoms with Crippen molar-refractivity contribution >= 4 is 11.7 Å². The normalized spacial score (nSPS) is 12.5. The van der Waals surface area contributed by atoms with E-state index in [1.54, 1.807) is 14.2 Å². The Morgan fingerprint density at radius 1 is 0.861 bits per heavy atom. The highest BCUT2D eigenvalue weighted by Crippen LogP contribution is 2.39. The maximum atomic E-state index is 13.0. The predicted octanol–water partition coefficient (Wildman–Crippen LogP) is 5.67. The van der Waals surface area contributed by atoms with Crippen molar-refractivity contribution < 1.29 is 23.8 Å². The van der Waals surface area contributed by atoms with E-state index in [1.165, 1.54) is 0 Å². The summed E-state index contributed by atoms with van der Waals surface area (Å²) in [7, 11) is 3.26. The number of nitrogens with zero attached hydrogens (tertiary/aromatic N) is 1. The summed E-state index contributed by atoms with van der Waals surface area (Å²) < 4.78 is 16.4.